The zero-order valence-corrected chi connectivity index (χ0v) is 11.6. The van der Waals surface area contributed by atoms with Gasteiger partial charge in [0.25, 0.3) is 0 Å². The van der Waals surface area contributed by atoms with E-state index in [9.17, 15) is 0 Å². The van der Waals surface area contributed by atoms with Crippen LogP contribution in [-0.4, -0.2) is 4.87 Å². The highest BCUT2D eigenvalue weighted by molar-refractivity contribution is 6.24. The second kappa shape index (κ2) is 5.76. The van der Waals surface area contributed by atoms with E-state index < -0.39 is 0 Å². The van der Waals surface area contributed by atoms with E-state index in [0.29, 0.717) is 0 Å². The molecule has 2 aliphatic carbocycles. The maximum absolute atomic E-state index is 6.92. The van der Waals surface area contributed by atoms with Crippen LogP contribution < -0.4 is 0 Å². The van der Waals surface area contributed by atoms with Crippen molar-refractivity contribution in [1.82, 2.24) is 0 Å². The van der Waals surface area contributed by atoms with E-state index in [1.165, 1.54) is 70.6 Å². The molecule has 2 aliphatic rings. The van der Waals surface area contributed by atoms with Crippen LogP contribution in [0.5, 0.6) is 0 Å². The highest BCUT2D eigenvalue weighted by Gasteiger charge is 2.40. The minimum absolute atomic E-state index is 0.199. The first-order chi connectivity index (χ1) is 7.74. The predicted molar refractivity (Wildman–Crippen MR) is 72.0 cm³/mol. The maximum atomic E-state index is 6.92. The number of alkyl halides is 1. The second-order valence-corrected chi connectivity index (χ2v) is 6.85. The quantitative estimate of drug-likeness (QED) is 0.571. The van der Waals surface area contributed by atoms with E-state index in [-0.39, 0.29) is 4.87 Å². The molecule has 94 valence electrons. The molecule has 0 saturated heterocycles. The molecule has 0 nitrogen and oxygen atoms in total. The summed E-state index contributed by atoms with van der Waals surface area (Å²) in [7, 11) is 0. The van der Waals surface area contributed by atoms with Crippen LogP contribution >= 0.6 is 11.6 Å². The Morgan fingerprint density at radius 1 is 1.00 bits per heavy atom. The smallest absolute Gasteiger partial charge is 0.0475 e. The van der Waals surface area contributed by atoms with E-state index in [2.05, 4.69) is 6.92 Å². The molecule has 0 amide bonds. The number of hydrogen-bond acceptors (Lipinski definition) is 0. The van der Waals surface area contributed by atoms with Crippen LogP contribution in [0.3, 0.4) is 0 Å². The Bertz CT molecular complexity index is 197. The van der Waals surface area contributed by atoms with Gasteiger partial charge in [-0.1, -0.05) is 39.0 Å². The van der Waals surface area contributed by atoms with Crippen LogP contribution in [-0.2, 0) is 0 Å². The fraction of sp³-hybridized carbons (Fsp3) is 1.00. The molecule has 2 rings (SSSR count). The van der Waals surface area contributed by atoms with E-state index >= 15 is 0 Å². The van der Waals surface area contributed by atoms with Crippen molar-refractivity contribution >= 4 is 11.6 Å². The maximum Gasteiger partial charge on any atom is 0.0475 e. The molecule has 2 fully saturated rings. The number of rotatable bonds is 3. The second-order valence-electron chi connectivity index (χ2n) is 6.10. The molecule has 0 radical (unpaired) electrons. The van der Waals surface area contributed by atoms with Crippen molar-refractivity contribution in [3.8, 4) is 0 Å². The zero-order chi connectivity index (χ0) is 11.4. The topological polar surface area (TPSA) is 0 Å². The van der Waals surface area contributed by atoms with Gasteiger partial charge in [-0.25, -0.2) is 0 Å². The monoisotopic (exact) mass is 242 g/mol. The van der Waals surface area contributed by atoms with Gasteiger partial charge in [-0.15, -0.1) is 11.6 Å². The fourth-order valence-corrected chi connectivity index (χ4v) is 4.32. The molecular formula is C15H27Cl. The van der Waals surface area contributed by atoms with Crippen molar-refractivity contribution < 1.29 is 0 Å². The van der Waals surface area contributed by atoms with Gasteiger partial charge < -0.3 is 0 Å². The molecule has 0 heterocycles. The lowest BCUT2D eigenvalue weighted by molar-refractivity contribution is 0.186. The first-order valence-electron chi connectivity index (χ1n) is 7.43. The van der Waals surface area contributed by atoms with Crippen LogP contribution in [0, 0.1) is 11.8 Å². The molecule has 2 saturated carbocycles. The highest BCUT2D eigenvalue weighted by atomic mass is 35.5. The van der Waals surface area contributed by atoms with Crippen molar-refractivity contribution in [2.75, 3.05) is 0 Å². The first-order valence-corrected chi connectivity index (χ1v) is 7.81. The Labute approximate surface area is 106 Å². The van der Waals surface area contributed by atoms with Crippen molar-refractivity contribution in [2.45, 2.75) is 82.4 Å². The molecule has 0 atom stereocenters. The van der Waals surface area contributed by atoms with Gasteiger partial charge in [0.2, 0.25) is 0 Å². The van der Waals surface area contributed by atoms with E-state index in [1.807, 2.05) is 0 Å². The number of halogens is 1. The van der Waals surface area contributed by atoms with Crippen LogP contribution in [0.2, 0.25) is 0 Å². The third-order valence-electron chi connectivity index (χ3n) is 4.97. The average Bonchev–Trinajstić information content (AvgIpc) is 2.34. The average molecular weight is 243 g/mol. The molecule has 1 heteroatoms. The molecule has 0 aromatic heterocycles. The van der Waals surface area contributed by atoms with Crippen molar-refractivity contribution in [1.29, 1.82) is 0 Å². The largest absolute Gasteiger partial charge is 0.119 e. The Morgan fingerprint density at radius 3 is 2.19 bits per heavy atom. The van der Waals surface area contributed by atoms with Crippen LogP contribution in [0.1, 0.15) is 77.6 Å². The van der Waals surface area contributed by atoms with Crippen LogP contribution in [0.15, 0.2) is 0 Å². The van der Waals surface area contributed by atoms with Crippen molar-refractivity contribution in [3.63, 3.8) is 0 Å². The van der Waals surface area contributed by atoms with Gasteiger partial charge in [-0.3, -0.25) is 0 Å². The standard InChI is InChI=1S/C15H27Cl/c1-2-6-13-9-11-15(16,12-10-13)14-7-4-3-5-8-14/h13-14H,2-12H2,1H3. The Morgan fingerprint density at radius 2 is 1.62 bits per heavy atom. The third-order valence-corrected chi connectivity index (χ3v) is 5.66. The Balaban J connectivity index is 1.84. The van der Waals surface area contributed by atoms with Gasteiger partial charge in [-0.05, 0) is 50.4 Å². The van der Waals surface area contributed by atoms with E-state index in [1.54, 1.807) is 0 Å². The van der Waals surface area contributed by atoms with Gasteiger partial charge in [-0.2, -0.15) is 0 Å². The normalized spacial score (nSPS) is 37.5. The SMILES string of the molecule is CCCC1CCC(Cl)(C2CCCCC2)CC1. The van der Waals surface area contributed by atoms with Crippen molar-refractivity contribution in [2.24, 2.45) is 11.8 Å². The van der Waals surface area contributed by atoms with Gasteiger partial charge in [0.05, 0.1) is 0 Å². The van der Waals surface area contributed by atoms with Crippen LogP contribution in [0.25, 0.3) is 0 Å². The third kappa shape index (κ3) is 2.94. The van der Waals surface area contributed by atoms with E-state index in [4.69, 9.17) is 11.6 Å². The molecule has 0 spiro atoms. The molecule has 0 aliphatic heterocycles. The summed E-state index contributed by atoms with van der Waals surface area (Å²) in [5.41, 5.74) is 0. The first kappa shape index (κ1) is 12.7. The van der Waals surface area contributed by atoms with E-state index in [0.717, 1.165) is 11.8 Å². The van der Waals surface area contributed by atoms with Gasteiger partial charge in [0.15, 0.2) is 0 Å². The molecule has 0 bridgehead atoms. The summed E-state index contributed by atoms with van der Waals surface area (Å²) in [6.45, 7) is 2.31. The molecule has 0 aromatic rings. The minimum atomic E-state index is 0.199. The zero-order valence-electron chi connectivity index (χ0n) is 10.8. The Hall–Kier alpha value is 0.290. The highest BCUT2D eigenvalue weighted by Crippen LogP contribution is 2.48. The van der Waals surface area contributed by atoms with Gasteiger partial charge in [0.1, 0.15) is 0 Å². The summed E-state index contributed by atoms with van der Waals surface area (Å²) >= 11 is 6.92. The summed E-state index contributed by atoms with van der Waals surface area (Å²) in [5.74, 6) is 1.82. The minimum Gasteiger partial charge on any atom is -0.119 e. The predicted octanol–water partition coefficient (Wildman–Crippen LogP) is 5.53. The molecule has 0 unspecified atom stereocenters. The van der Waals surface area contributed by atoms with Crippen molar-refractivity contribution in [3.05, 3.63) is 0 Å². The molecule has 0 aromatic carbocycles. The number of hydrogen-bond donors (Lipinski definition) is 0. The lowest BCUT2D eigenvalue weighted by atomic mass is 9.70. The van der Waals surface area contributed by atoms with Crippen LogP contribution in [0.4, 0.5) is 0 Å². The lowest BCUT2D eigenvalue weighted by Gasteiger charge is -2.42. The summed E-state index contributed by atoms with van der Waals surface area (Å²) in [5, 5.41) is 0. The summed E-state index contributed by atoms with van der Waals surface area (Å²) < 4.78 is 0. The summed E-state index contributed by atoms with van der Waals surface area (Å²) in [4.78, 5) is 0.199. The van der Waals surface area contributed by atoms with Gasteiger partial charge in [0, 0.05) is 4.87 Å². The Kier molecular flexibility index (Phi) is 4.58. The van der Waals surface area contributed by atoms with Gasteiger partial charge >= 0.3 is 0 Å². The summed E-state index contributed by atoms with van der Waals surface area (Å²) in [6.07, 6.45) is 15.3. The molecule has 0 N–H and O–H groups in total. The molecule has 16 heavy (non-hydrogen) atoms. The molecular weight excluding hydrogens is 216 g/mol. The fourth-order valence-electron chi connectivity index (χ4n) is 3.88. The lowest BCUT2D eigenvalue weighted by Crippen LogP contribution is -2.37. The summed E-state index contributed by atoms with van der Waals surface area (Å²) in [6, 6.07) is 0.